The first-order valence-corrected chi connectivity index (χ1v) is 5.51. The molecule has 0 saturated heterocycles. The summed E-state index contributed by atoms with van der Waals surface area (Å²) in [4.78, 5) is 11.9. The molecule has 0 bridgehead atoms. The Labute approximate surface area is 108 Å². The van der Waals surface area contributed by atoms with Gasteiger partial charge in [0.15, 0.2) is 17.3 Å². The largest absolute Gasteiger partial charge is 0.504 e. The van der Waals surface area contributed by atoms with Crippen molar-refractivity contribution in [2.24, 2.45) is 0 Å². The molecule has 0 aliphatic rings. The van der Waals surface area contributed by atoms with Crippen molar-refractivity contribution < 1.29 is 24.5 Å². The summed E-state index contributed by atoms with van der Waals surface area (Å²) in [6, 6.07) is 8.06. The number of hydrogen-bond donors (Lipinski definition) is 3. The maximum atomic E-state index is 13.4. The molecule has 0 aliphatic heterocycles. The molecule has 0 heterocycles. The number of phenols is 3. The summed E-state index contributed by atoms with van der Waals surface area (Å²) in [7, 11) is 0. The summed E-state index contributed by atoms with van der Waals surface area (Å²) < 4.78 is 13.4. The normalized spacial score (nSPS) is 10.4. The van der Waals surface area contributed by atoms with E-state index in [1.807, 2.05) is 0 Å². The maximum absolute atomic E-state index is 13.4. The standard InChI is InChI=1S/C14H11FO4/c15-10-4-2-1-3-8(10)7-12(17)9-5-6-11(16)14(19)13(9)18/h1-6,16,18-19H,7H2. The van der Waals surface area contributed by atoms with Gasteiger partial charge in [-0.2, -0.15) is 0 Å². The van der Waals surface area contributed by atoms with Crippen molar-refractivity contribution in [1.29, 1.82) is 0 Å². The molecule has 2 aromatic carbocycles. The molecule has 3 N–H and O–H groups in total. The molecule has 0 amide bonds. The quantitative estimate of drug-likeness (QED) is 0.586. The van der Waals surface area contributed by atoms with E-state index in [9.17, 15) is 19.4 Å². The number of aromatic hydroxyl groups is 3. The highest BCUT2D eigenvalue weighted by Crippen LogP contribution is 2.37. The first kappa shape index (κ1) is 12.9. The Bertz CT molecular complexity index is 637. The molecule has 5 heteroatoms. The van der Waals surface area contributed by atoms with Crippen molar-refractivity contribution in [2.45, 2.75) is 6.42 Å². The lowest BCUT2D eigenvalue weighted by atomic mass is 10.0. The number of carbonyl (C=O) groups is 1. The third-order valence-corrected chi connectivity index (χ3v) is 2.74. The van der Waals surface area contributed by atoms with Crippen LogP contribution in [0.5, 0.6) is 17.2 Å². The van der Waals surface area contributed by atoms with E-state index in [-0.39, 0.29) is 17.5 Å². The van der Waals surface area contributed by atoms with Crippen LogP contribution in [0.3, 0.4) is 0 Å². The zero-order valence-corrected chi connectivity index (χ0v) is 9.80. The number of rotatable bonds is 3. The smallest absolute Gasteiger partial charge is 0.201 e. The minimum Gasteiger partial charge on any atom is -0.504 e. The van der Waals surface area contributed by atoms with Gasteiger partial charge in [0.25, 0.3) is 0 Å². The number of ketones is 1. The molecule has 0 aromatic heterocycles. The molecule has 2 aromatic rings. The molecule has 4 nitrogen and oxygen atoms in total. The monoisotopic (exact) mass is 262 g/mol. The fourth-order valence-electron chi connectivity index (χ4n) is 1.70. The van der Waals surface area contributed by atoms with Crippen molar-refractivity contribution >= 4 is 5.78 Å². The summed E-state index contributed by atoms with van der Waals surface area (Å²) >= 11 is 0. The van der Waals surface area contributed by atoms with E-state index >= 15 is 0 Å². The van der Waals surface area contributed by atoms with Gasteiger partial charge in [0, 0.05) is 6.42 Å². The van der Waals surface area contributed by atoms with Gasteiger partial charge in [0.2, 0.25) is 5.75 Å². The van der Waals surface area contributed by atoms with Gasteiger partial charge in [-0.25, -0.2) is 4.39 Å². The minimum absolute atomic E-state index is 0.168. The van der Waals surface area contributed by atoms with Gasteiger partial charge in [-0.1, -0.05) is 18.2 Å². The summed E-state index contributed by atoms with van der Waals surface area (Å²) in [6.45, 7) is 0. The number of benzene rings is 2. The topological polar surface area (TPSA) is 77.8 Å². The second kappa shape index (κ2) is 4.97. The van der Waals surface area contributed by atoms with Crippen LogP contribution in [0.4, 0.5) is 4.39 Å². The van der Waals surface area contributed by atoms with Crippen LogP contribution in [0.2, 0.25) is 0 Å². The van der Waals surface area contributed by atoms with Crippen molar-refractivity contribution in [3.63, 3.8) is 0 Å². The Kier molecular flexibility index (Phi) is 3.37. The lowest BCUT2D eigenvalue weighted by Gasteiger charge is -2.07. The van der Waals surface area contributed by atoms with Gasteiger partial charge in [0.05, 0.1) is 5.56 Å². The second-order valence-corrected chi connectivity index (χ2v) is 4.02. The molecule has 19 heavy (non-hydrogen) atoms. The average Bonchev–Trinajstić information content (AvgIpc) is 2.39. The van der Waals surface area contributed by atoms with Crippen molar-refractivity contribution in [2.75, 3.05) is 0 Å². The third-order valence-electron chi connectivity index (χ3n) is 2.74. The zero-order valence-electron chi connectivity index (χ0n) is 9.80. The summed E-state index contributed by atoms with van der Waals surface area (Å²) in [6.07, 6.45) is -0.246. The molecule has 0 fully saturated rings. The van der Waals surface area contributed by atoms with Crippen LogP contribution in [0.15, 0.2) is 36.4 Å². The predicted molar refractivity (Wildman–Crippen MR) is 65.9 cm³/mol. The molecule has 0 radical (unpaired) electrons. The lowest BCUT2D eigenvalue weighted by molar-refractivity contribution is 0.0988. The van der Waals surface area contributed by atoms with Crippen molar-refractivity contribution in [3.05, 3.63) is 53.3 Å². The Balaban J connectivity index is 2.31. The Morgan fingerprint density at radius 1 is 1.00 bits per heavy atom. The number of Topliss-reactive ketones (excluding diaryl/α,β-unsaturated/α-hetero) is 1. The van der Waals surface area contributed by atoms with E-state index in [0.29, 0.717) is 0 Å². The van der Waals surface area contributed by atoms with Crippen LogP contribution in [-0.2, 0) is 6.42 Å². The molecule has 0 aliphatic carbocycles. The van der Waals surface area contributed by atoms with E-state index in [1.54, 1.807) is 6.07 Å². The first-order valence-electron chi connectivity index (χ1n) is 5.51. The van der Waals surface area contributed by atoms with Gasteiger partial charge < -0.3 is 15.3 Å². The van der Waals surface area contributed by atoms with Gasteiger partial charge in [-0.3, -0.25) is 4.79 Å². The second-order valence-electron chi connectivity index (χ2n) is 4.02. The van der Waals surface area contributed by atoms with Gasteiger partial charge in [0.1, 0.15) is 5.82 Å². The molecular formula is C14H11FO4. The van der Waals surface area contributed by atoms with Crippen LogP contribution < -0.4 is 0 Å². The van der Waals surface area contributed by atoms with Crippen LogP contribution in [0, 0.1) is 5.82 Å². The maximum Gasteiger partial charge on any atom is 0.201 e. The van der Waals surface area contributed by atoms with Gasteiger partial charge in [-0.05, 0) is 23.8 Å². The molecular weight excluding hydrogens is 251 g/mol. The average molecular weight is 262 g/mol. The third kappa shape index (κ3) is 2.49. The zero-order chi connectivity index (χ0) is 14.0. The van der Waals surface area contributed by atoms with E-state index in [2.05, 4.69) is 0 Å². The summed E-state index contributed by atoms with van der Waals surface area (Å²) in [5, 5.41) is 28.1. The van der Waals surface area contributed by atoms with Crippen LogP contribution >= 0.6 is 0 Å². The highest BCUT2D eigenvalue weighted by atomic mass is 19.1. The van der Waals surface area contributed by atoms with E-state index < -0.39 is 28.8 Å². The number of halogens is 1. The Hall–Kier alpha value is -2.56. The van der Waals surface area contributed by atoms with Crippen molar-refractivity contribution in [1.82, 2.24) is 0 Å². The molecule has 98 valence electrons. The molecule has 0 unspecified atom stereocenters. The molecule has 0 spiro atoms. The van der Waals surface area contributed by atoms with Gasteiger partial charge >= 0.3 is 0 Å². The lowest BCUT2D eigenvalue weighted by Crippen LogP contribution is -2.05. The summed E-state index contributed by atoms with van der Waals surface area (Å²) in [5.74, 6) is -3.07. The first-order chi connectivity index (χ1) is 9.00. The minimum atomic E-state index is -0.764. The van der Waals surface area contributed by atoms with E-state index in [1.165, 1.54) is 24.3 Å². The Morgan fingerprint density at radius 2 is 1.68 bits per heavy atom. The molecule has 0 atom stereocenters. The van der Waals surface area contributed by atoms with Crippen LogP contribution in [-0.4, -0.2) is 21.1 Å². The fraction of sp³-hybridized carbons (Fsp3) is 0.0714. The number of phenolic OH excluding ortho intramolecular Hbond substituents is 3. The van der Waals surface area contributed by atoms with E-state index in [4.69, 9.17) is 5.11 Å². The molecule has 0 saturated carbocycles. The number of carbonyl (C=O) groups excluding carboxylic acids is 1. The highest BCUT2D eigenvalue weighted by molar-refractivity contribution is 6.00. The fourth-order valence-corrected chi connectivity index (χ4v) is 1.70. The Morgan fingerprint density at radius 3 is 2.37 bits per heavy atom. The van der Waals surface area contributed by atoms with Gasteiger partial charge in [-0.15, -0.1) is 0 Å². The predicted octanol–water partition coefficient (Wildman–Crippen LogP) is 2.37. The van der Waals surface area contributed by atoms with Crippen molar-refractivity contribution in [3.8, 4) is 17.2 Å². The van der Waals surface area contributed by atoms with E-state index in [0.717, 1.165) is 6.07 Å². The van der Waals surface area contributed by atoms with Crippen LogP contribution in [0.25, 0.3) is 0 Å². The summed E-state index contributed by atoms with van der Waals surface area (Å²) in [5.41, 5.74) is 0.0259. The molecule has 2 rings (SSSR count). The van der Waals surface area contributed by atoms with Crippen LogP contribution in [0.1, 0.15) is 15.9 Å². The highest BCUT2D eigenvalue weighted by Gasteiger charge is 2.18. The number of hydrogen-bond acceptors (Lipinski definition) is 4. The SMILES string of the molecule is O=C(Cc1ccccc1F)c1ccc(O)c(O)c1O.